The van der Waals surface area contributed by atoms with Crippen LogP contribution in [0.15, 0.2) is 24.3 Å². The summed E-state index contributed by atoms with van der Waals surface area (Å²) in [7, 11) is 0. The molecule has 0 aliphatic carbocycles. The number of amides is 2. The topological polar surface area (TPSA) is 63.7 Å². The summed E-state index contributed by atoms with van der Waals surface area (Å²) in [6.45, 7) is 4.65. The highest BCUT2D eigenvalue weighted by Gasteiger charge is 2.43. The van der Waals surface area contributed by atoms with Gasteiger partial charge in [0.25, 0.3) is 5.91 Å². The van der Waals surface area contributed by atoms with Crippen molar-refractivity contribution in [2.75, 3.05) is 0 Å². The molecule has 2 rings (SSSR count). The number of fused-ring (bicyclic) bond motifs is 1. The second-order valence-electron chi connectivity index (χ2n) is 4.72. The van der Waals surface area contributed by atoms with Crippen LogP contribution in [0.4, 0.5) is 0 Å². The lowest BCUT2D eigenvalue weighted by Crippen LogP contribution is -2.38. The fraction of sp³-hybridized carbons (Fsp3) is 0.357. The maximum atomic E-state index is 12.2. The van der Waals surface area contributed by atoms with Crippen LogP contribution in [0.25, 0.3) is 0 Å². The number of hydrogen-bond acceptors (Lipinski definition) is 4. The van der Waals surface area contributed by atoms with Crippen molar-refractivity contribution in [2.24, 2.45) is 5.92 Å². The third kappa shape index (κ3) is 2.23. The molecule has 1 unspecified atom stereocenters. The summed E-state index contributed by atoms with van der Waals surface area (Å²) in [4.78, 5) is 36.6. The summed E-state index contributed by atoms with van der Waals surface area (Å²) >= 11 is 0. The lowest BCUT2D eigenvalue weighted by atomic mass is 10.1. The number of hydrogen-bond donors (Lipinski definition) is 0. The monoisotopic (exact) mass is 261 g/mol. The van der Waals surface area contributed by atoms with Gasteiger partial charge in [0.1, 0.15) is 0 Å². The normalized spacial score (nSPS) is 17.6. The molecule has 1 atom stereocenters. The maximum absolute atomic E-state index is 12.2. The van der Waals surface area contributed by atoms with E-state index in [2.05, 4.69) is 0 Å². The van der Waals surface area contributed by atoms with Gasteiger partial charge in [0.15, 0.2) is 0 Å². The van der Waals surface area contributed by atoms with Gasteiger partial charge in [-0.2, -0.15) is 0 Å². The Morgan fingerprint density at radius 2 is 1.89 bits per heavy atom. The zero-order valence-corrected chi connectivity index (χ0v) is 11.0. The molecule has 1 aromatic carbocycles. The predicted molar refractivity (Wildman–Crippen MR) is 67.0 cm³/mol. The highest BCUT2D eigenvalue weighted by molar-refractivity contribution is 6.09. The van der Waals surface area contributed by atoms with Crippen LogP contribution in [-0.2, 0) is 14.3 Å². The number of carbonyl (C=O) groups is 3. The lowest BCUT2D eigenvalue weighted by Gasteiger charge is -2.24. The average Bonchev–Trinajstić information content (AvgIpc) is 2.62. The Bertz CT molecular complexity index is 550. The van der Waals surface area contributed by atoms with E-state index in [1.54, 1.807) is 38.1 Å². The zero-order chi connectivity index (χ0) is 14.2. The molecule has 2 amide bonds. The Labute approximate surface area is 111 Å². The van der Waals surface area contributed by atoms with Crippen molar-refractivity contribution >= 4 is 17.8 Å². The van der Waals surface area contributed by atoms with Crippen LogP contribution in [0.2, 0.25) is 0 Å². The van der Waals surface area contributed by atoms with Crippen molar-refractivity contribution in [1.82, 2.24) is 4.90 Å². The van der Waals surface area contributed by atoms with Gasteiger partial charge in [-0.05, 0) is 6.07 Å². The van der Waals surface area contributed by atoms with E-state index in [9.17, 15) is 14.4 Å². The van der Waals surface area contributed by atoms with Crippen LogP contribution in [0, 0.1) is 5.92 Å². The molecule has 1 aliphatic heterocycles. The summed E-state index contributed by atoms with van der Waals surface area (Å²) in [6, 6.07) is 6.77. The average molecular weight is 261 g/mol. The fourth-order valence-electron chi connectivity index (χ4n) is 2.05. The molecule has 19 heavy (non-hydrogen) atoms. The van der Waals surface area contributed by atoms with Gasteiger partial charge < -0.3 is 4.74 Å². The second-order valence-corrected chi connectivity index (χ2v) is 4.72. The summed E-state index contributed by atoms with van der Waals surface area (Å²) < 4.78 is 5.14. The molecular formula is C14H15NO4. The molecule has 0 spiro atoms. The van der Waals surface area contributed by atoms with Crippen molar-refractivity contribution in [2.45, 2.75) is 27.0 Å². The van der Waals surface area contributed by atoms with E-state index in [1.165, 1.54) is 6.92 Å². The number of rotatable bonds is 2. The van der Waals surface area contributed by atoms with Gasteiger partial charge in [0.05, 0.1) is 0 Å². The first-order chi connectivity index (χ1) is 8.93. The first kappa shape index (κ1) is 13.3. The van der Waals surface area contributed by atoms with Gasteiger partial charge in [-0.25, -0.2) is 4.90 Å². The standard InChI is InChI=1S/C14H15NO4/c1-8(2)12(17)15-13(18)10-6-4-5-7-11(10)14(15)19-9(3)16/h4-8,14H,1-3H3. The number of benzene rings is 1. The number of nitrogens with zero attached hydrogens (tertiary/aromatic N) is 1. The second kappa shape index (κ2) is 4.84. The number of carbonyl (C=O) groups excluding carboxylic acids is 3. The van der Waals surface area contributed by atoms with Crippen molar-refractivity contribution in [1.29, 1.82) is 0 Å². The third-order valence-corrected chi connectivity index (χ3v) is 2.92. The van der Waals surface area contributed by atoms with E-state index in [0.717, 1.165) is 4.90 Å². The first-order valence-corrected chi connectivity index (χ1v) is 6.07. The SMILES string of the molecule is CC(=O)OC1c2ccccc2C(=O)N1C(=O)C(C)C. The molecule has 0 radical (unpaired) electrons. The van der Waals surface area contributed by atoms with E-state index in [-0.39, 0.29) is 11.8 Å². The molecule has 0 N–H and O–H groups in total. The van der Waals surface area contributed by atoms with Gasteiger partial charge in [-0.15, -0.1) is 0 Å². The van der Waals surface area contributed by atoms with Gasteiger partial charge in [-0.3, -0.25) is 14.4 Å². The molecule has 0 aromatic heterocycles. The largest absolute Gasteiger partial charge is 0.437 e. The van der Waals surface area contributed by atoms with E-state index in [1.807, 2.05) is 0 Å². The van der Waals surface area contributed by atoms with Gasteiger partial charge in [0, 0.05) is 24.0 Å². The molecule has 1 aromatic rings. The molecule has 0 saturated carbocycles. The molecule has 0 bridgehead atoms. The van der Waals surface area contributed by atoms with E-state index >= 15 is 0 Å². The Hall–Kier alpha value is -2.17. The van der Waals surface area contributed by atoms with E-state index < -0.39 is 18.1 Å². The Balaban J connectivity index is 2.47. The van der Waals surface area contributed by atoms with Crippen molar-refractivity contribution in [3.05, 3.63) is 35.4 Å². The van der Waals surface area contributed by atoms with Crippen LogP contribution in [0.5, 0.6) is 0 Å². The number of esters is 1. The molecule has 0 saturated heterocycles. The molecule has 100 valence electrons. The van der Waals surface area contributed by atoms with Crippen LogP contribution in [-0.4, -0.2) is 22.7 Å². The van der Waals surface area contributed by atoms with Gasteiger partial charge >= 0.3 is 5.97 Å². The van der Waals surface area contributed by atoms with Crippen LogP contribution < -0.4 is 0 Å². The molecule has 5 nitrogen and oxygen atoms in total. The molecule has 0 fully saturated rings. The summed E-state index contributed by atoms with van der Waals surface area (Å²) in [6.07, 6.45) is -0.948. The number of ether oxygens (including phenoxy) is 1. The highest BCUT2D eigenvalue weighted by Crippen LogP contribution is 2.35. The van der Waals surface area contributed by atoms with Gasteiger partial charge in [0.2, 0.25) is 12.1 Å². The van der Waals surface area contributed by atoms with Crippen LogP contribution in [0.1, 0.15) is 42.9 Å². The zero-order valence-electron chi connectivity index (χ0n) is 11.0. The minimum absolute atomic E-state index is 0.351. The molecule has 5 heteroatoms. The van der Waals surface area contributed by atoms with E-state index in [4.69, 9.17) is 4.74 Å². The van der Waals surface area contributed by atoms with Crippen LogP contribution in [0.3, 0.4) is 0 Å². The summed E-state index contributed by atoms with van der Waals surface area (Å²) in [5.41, 5.74) is 0.958. The fourth-order valence-corrected chi connectivity index (χ4v) is 2.05. The molecular weight excluding hydrogens is 246 g/mol. The first-order valence-electron chi connectivity index (χ1n) is 6.07. The van der Waals surface area contributed by atoms with Crippen molar-refractivity contribution < 1.29 is 19.1 Å². The van der Waals surface area contributed by atoms with Crippen LogP contribution >= 0.6 is 0 Å². The quantitative estimate of drug-likeness (QED) is 0.762. The molecule has 1 aliphatic rings. The maximum Gasteiger partial charge on any atom is 0.304 e. The summed E-state index contributed by atoms with van der Waals surface area (Å²) in [5, 5.41) is 0. The van der Waals surface area contributed by atoms with Gasteiger partial charge in [-0.1, -0.05) is 32.0 Å². The Morgan fingerprint density at radius 3 is 2.47 bits per heavy atom. The lowest BCUT2D eigenvalue weighted by molar-refractivity contribution is -0.159. The predicted octanol–water partition coefficient (Wildman–Crippen LogP) is 1.89. The number of imide groups is 1. The van der Waals surface area contributed by atoms with Crippen molar-refractivity contribution in [3.63, 3.8) is 0 Å². The smallest absolute Gasteiger partial charge is 0.304 e. The minimum Gasteiger partial charge on any atom is -0.437 e. The third-order valence-electron chi connectivity index (χ3n) is 2.92. The Morgan fingerprint density at radius 1 is 1.26 bits per heavy atom. The molecule has 1 heterocycles. The van der Waals surface area contributed by atoms with Crippen molar-refractivity contribution in [3.8, 4) is 0 Å². The highest BCUT2D eigenvalue weighted by atomic mass is 16.6. The Kier molecular flexibility index (Phi) is 3.38. The van der Waals surface area contributed by atoms with E-state index in [0.29, 0.717) is 11.1 Å². The summed E-state index contributed by atoms with van der Waals surface area (Å²) in [5.74, 6) is -1.65. The minimum atomic E-state index is -0.948.